The molecule has 0 fully saturated rings. The van der Waals surface area contributed by atoms with E-state index in [1.807, 2.05) is 24.4 Å². The van der Waals surface area contributed by atoms with E-state index >= 15 is 0 Å². The van der Waals surface area contributed by atoms with Gasteiger partial charge < -0.3 is 15.6 Å². The molecule has 146 valence electrons. The van der Waals surface area contributed by atoms with Gasteiger partial charge in [-0.2, -0.15) is 0 Å². The molecule has 0 aliphatic heterocycles. The Kier molecular flexibility index (Phi) is 5.68. The molecule has 1 amide bonds. The molecule has 0 aliphatic rings. The number of hydrogen-bond acceptors (Lipinski definition) is 3. The van der Waals surface area contributed by atoms with E-state index in [2.05, 4.69) is 51.4 Å². The molecular weight excluding hydrogens is 360 g/mol. The number of aromatic nitrogens is 2. The largest absolute Gasteiger partial charge is 0.366 e. The first-order valence-corrected chi connectivity index (χ1v) is 9.75. The van der Waals surface area contributed by atoms with Crippen LogP contribution in [-0.2, 0) is 19.5 Å². The Labute approximate surface area is 170 Å². The monoisotopic (exact) mass is 384 g/mol. The Hall–Kier alpha value is -3.44. The van der Waals surface area contributed by atoms with E-state index in [0.29, 0.717) is 5.56 Å². The topological polar surface area (TPSA) is 72.9 Å². The summed E-state index contributed by atoms with van der Waals surface area (Å²) in [4.78, 5) is 15.4. The number of nitrogens with two attached hydrogens (primary N) is 1. The zero-order valence-electron chi connectivity index (χ0n) is 16.2. The van der Waals surface area contributed by atoms with E-state index in [-0.39, 0.29) is 0 Å². The van der Waals surface area contributed by atoms with E-state index in [0.717, 1.165) is 31.6 Å². The van der Waals surface area contributed by atoms with Crippen LogP contribution in [0.5, 0.6) is 0 Å². The molecular formula is C24H24N4O. The minimum atomic E-state index is -0.399. The molecule has 0 saturated heterocycles. The van der Waals surface area contributed by atoms with Crippen LogP contribution in [0.1, 0.15) is 27.0 Å². The maximum absolute atomic E-state index is 11.2. The quantitative estimate of drug-likeness (QED) is 0.457. The number of fused-ring (bicyclic) bond motifs is 1. The first-order valence-electron chi connectivity index (χ1n) is 9.75. The molecule has 4 rings (SSSR count). The Balaban J connectivity index is 1.37. The van der Waals surface area contributed by atoms with Crippen molar-refractivity contribution in [2.45, 2.75) is 19.5 Å². The number of pyridine rings is 1. The number of nitrogens with one attached hydrogen (secondary N) is 1. The minimum Gasteiger partial charge on any atom is -0.366 e. The van der Waals surface area contributed by atoms with E-state index in [4.69, 9.17) is 5.73 Å². The summed E-state index contributed by atoms with van der Waals surface area (Å²) in [6.07, 6.45) is 6.79. The van der Waals surface area contributed by atoms with Crippen molar-refractivity contribution >= 4 is 16.8 Å². The summed E-state index contributed by atoms with van der Waals surface area (Å²) in [5, 5.41) is 4.73. The third-order valence-corrected chi connectivity index (χ3v) is 5.07. The van der Waals surface area contributed by atoms with Crippen molar-refractivity contribution in [3.8, 4) is 0 Å². The molecule has 0 unspecified atom stereocenters. The fraction of sp³-hybridized carbons (Fsp3) is 0.167. The highest BCUT2D eigenvalue weighted by atomic mass is 16.1. The summed E-state index contributed by atoms with van der Waals surface area (Å²) in [5.41, 5.74) is 10.7. The van der Waals surface area contributed by atoms with Crippen LogP contribution in [0.2, 0.25) is 0 Å². The first kappa shape index (κ1) is 18.9. The van der Waals surface area contributed by atoms with Gasteiger partial charge in [0.15, 0.2) is 0 Å². The van der Waals surface area contributed by atoms with Gasteiger partial charge in [-0.25, -0.2) is 0 Å². The lowest BCUT2D eigenvalue weighted by atomic mass is 10.1. The van der Waals surface area contributed by atoms with Crippen molar-refractivity contribution in [2.24, 2.45) is 5.73 Å². The van der Waals surface area contributed by atoms with Crippen molar-refractivity contribution in [3.05, 3.63) is 102 Å². The van der Waals surface area contributed by atoms with Gasteiger partial charge in [0.2, 0.25) is 5.91 Å². The van der Waals surface area contributed by atoms with E-state index in [1.54, 1.807) is 18.3 Å². The van der Waals surface area contributed by atoms with Crippen LogP contribution >= 0.6 is 0 Å². The zero-order valence-corrected chi connectivity index (χ0v) is 16.2. The molecule has 4 aromatic rings. The standard InChI is InChI=1S/C24H24N4O/c25-24(29)21-6-3-19(4-7-21)17-28-13-10-22-14-20(5-8-23(22)28)16-27-12-9-18-2-1-11-26-15-18/h1-8,10-11,13-15,27H,9,12,16-17H2,(H2,25,29). The molecule has 0 atom stereocenters. The fourth-order valence-corrected chi connectivity index (χ4v) is 3.48. The van der Waals surface area contributed by atoms with Gasteiger partial charge in [0.25, 0.3) is 0 Å². The van der Waals surface area contributed by atoms with Crippen LogP contribution in [0, 0.1) is 0 Å². The summed E-state index contributed by atoms with van der Waals surface area (Å²) in [6.45, 7) is 2.52. The molecule has 29 heavy (non-hydrogen) atoms. The Morgan fingerprint density at radius 1 is 1.00 bits per heavy atom. The van der Waals surface area contributed by atoms with Gasteiger partial charge in [-0.05, 0) is 71.4 Å². The second-order valence-electron chi connectivity index (χ2n) is 7.19. The van der Waals surface area contributed by atoms with Crippen molar-refractivity contribution in [1.29, 1.82) is 0 Å². The number of amides is 1. The molecule has 5 heteroatoms. The molecule has 3 N–H and O–H groups in total. The summed E-state index contributed by atoms with van der Waals surface area (Å²) >= 11 is 0. The average molecular weight is 384 g/mol. The number of primary amides is 1. The number of nitrogens with zero attached hydrogens (tertiary/aromatic N) is 2. The number of rotatable bonds is 8. The number of benzene rings is 2. The third kappa shape index (κ3) is 4.70. The Morgan fingerprint density at radius 3 is 2.59 bits per heavy atom. The van der Waals surface area contributed by atoms with E-state index in [9.17, 15) is 4.79 Å². The van der Waals surface area contributed by atoms with Crippen LogP contribution < -0.4 is 11.1 Å². The summed E-state index contributed by atoms with van der Waals surface area (Å²) in [6, 6.07) is 20.3. The van der Waals surface area contributed by atoms with Gasteiger partial charge in [-0.3, -0.25) is 9.78 Å². The van der Waals surface area contributed by atoms with Crippen molar-refractivity contribution in [1.82, 2.24) is 14.9 Å². The smallest absolute Gasteiger partial charge is 0.248 e. The van der Waals surface area contributed by atoms with Gasteiger partial charge in [0, 0.05) is 42.8 Å². The minimum absolute atomic E-state index is 0.399. The Bertz CT molecular complexity index is 1100. The number of carbonyl (C=O) groups excluding carboxylic acids is 1. The lowest BCUT2D eigenvalue weighted by Crippen LogP contribution is -2.16. The molecule has 2 heterocycles. The van der Waals surface area contributed by atoms with Crippen molar-refractivity contribution < 1.29 is 4.79 Å². The predicted octanol–water partition coefficient (Wildman–Crippen LogP) is 3.52. The highest BCUT2D eigenvalue weighted by molar-refractivity contribution is 5.92. The van der Waals surface area contributed by atoms with E-state index < -0.39 is 5.91 Å². The van der Waals surface area contributed by atoms with Gasteiger partial charge in [0.05, 0.1) is 0 Å². The highest BCUT2D eigenvalue weighted by Gasteiger charge is 2.05. The van der Waals surface area contributed by atoms with Gasteiger partial charge in [-0.1, -0.05) is 24.3 Å². The summed E-state index contributed by atoms with van der Waals surface area (Å²) < 4.78 is 2.22. The molecule has 0 bridgehead atoms. The van der Waals surface area contributed by atoms with Crippen LogP contribution in [0.15, 0.2) is 79.3 Å². The van der Waals surface area contributed by atoms with Crippen LogP contribution in [0.4, 0.5) is 0 Å². The van der Waals surface area contributed by atoms with Gasteiger partial charge >= 0.3 is 0 Å². The lowest BCUT2D eigenvalue weighted by Gasteiger charge is -2.08. The molecule has 2 aromatic heterocycles. The zero-order chi connectivity index (χ0) is 20.1. The highest BCUT2D eigenvalue weighted by Crippen LogP contribution is 2.19. The number of hydrogen-bond donors (Lipinski definition) is 2. The average Bonchev–Trinajstić information content (AvgIpc) is 3.14. The van der Waals surface area contributed by atoms with Crippen molar-refractivity contribution in [3.63, 3.8) is 0 Å². The van der Waals surface area contributed by atoms with Gasteiger partial charge in [0.1, 0.15) is 0 Å². The summed E-state index contributed by atoms with van der Waals surface area (Å²) in [7, 11) is 0. The molecule has 2 aromatic carbocycles. The number of carbonyl (C=O) groups is 1. The first-order chi connectivity index (χ1) is 14.2. The van der Waals surface area contributed by atoms with Crippen LogP contribution in [0.25, 0.3) is 10.9 Å². The third-order valence-electron chi connectivity index (χ3n) is 5.07. The second-order valence-corrected chi connectivity index (χ2v) is 7.19. The molecule has 0 saturated carbocycles. The SMILES string of the molecule is NC(=O)c1ccc(Cn2ccc3cc(CNCCc4cccnc4)ccc32)cc1. The normalized spacial score (nSPS) is 11.0. The van der Waals surface area contributed by atoms with Gasteiger partial charge in [-0.15, -0.1) is 0 Å². The second kappa shape index (κ2) is 8.71. The molecule has 0 radical (unpaired) electrons. The predicted molar refractivity (Wildman–Crippen MR) is 116 cm³/mol. The van der Waals surface area contributed by atoms with Crippen molar-refractivity contribution in [2.75, 3.05) is 6.54 Å². The lowest BCUT2D eigenvalue weighted by molar-refractivity contribution is 0.100. The maximum atomic E-state index is 11.2. The van der Waals surface area contributed by atoms with Crippen LogP contribution in [0.3, 0.4) is 0 Å². The fourth-order valence-electron chi connectivity index (χ4n) is 3.48. The molecule has 5 nitrogen and oxygen atoms in total. The van der Waals surface area contributed by atoms with Crippen LogP contribution in [-0.4, -0.2) is 22.0 Å². The maximum Gasteiger partial charge on any atom is 0.248 e. The molecule has 0 spiro atoms. The van der Waals surface area contributed by atoms with E-state index in [1.165, 1.54) is 22.0 Å². The summed E-state index contributed by atoms with van der Waals surface area (Å²) in [5.74, 6) is -0.399. The molecule has 0 aliphatic carbocycles. The Morgan fingerprint density at radius 2 is 1.83 bits per heavy atom.